The summed E-state index contributed by atoms with van der Waals surface area (Å²) in [4.78, 5) is 12.3. The van der Waals surface area contributed by atoms with Gasteiger partial charge in [0.1, 0.15) is 22.9 Å². The fourth-order valence-corrected chi connectivity index (χ4v) is 3.37. The summed E-state index contributed by atoms with van der Waals surface area (Å²) in [6.07, 6.45) is 3.55. The Bertz CT molecular complexity index is 963. The zero-order chi connectivity index (χ0) is 18.1. The van der Waals surface area contributed by atoms with Crippen LogP contribution >= 0.6 is 0 Å². The highest BCUT2D eigenvalue weighted by atomic mass is 19.1. The van der Waals surface area contributed by atoms with Crippen LogP contribution in [0.4, 0.5) is 10.1 Å². The lowest BCUT2D eigenvalue weighted by atomic mass is 9.96. The highest BCUT2D eigenvalue weighted by Crippen LogP contribution is 2.34. The number of hydrogen-bond acceptors (Lipinski definition) is 3. The molecule has 1 aromatic heterocycles. The van der Waals surface area contributed by atoms with Gasteiger partial charge in [0, 0.05) is 17.4 Å². The van der Waals surface area contributed by atoms with Gasteiger partial charge in [0.25, 0.3) is 5.91 Å². The van der Waals surface area contributed by atoms with Crippen LogP contribution in [0.25, 0.3) is 11.0 Å². The van der Waals surface area contributed by atoms with Crippen LogP contribution in [0, 0.1) is 5.82 Å². The third kappa shape index (κ3) is 3.17. The van der Waals surface area contributed by atoms with E-state index in [4.69, 9.17) is 9.15 Å². The van der Waals surface area contributed by atoms with Gasteiger partial charge in [-0.3, -0.25) is 4.79 Å². The first-order valence-corrected chi connectivity index (χ1v) is 8.88. The molecule has 0 saturated carbocycles. The van der Waals surface area contributed by atoms with Gasteiger partial charge in [0.15, 0.2) is 6.10 Å². The minimum Gasteiger partial charge on any atom is -0.481 e. The van der Waals surface area contributed by atoms with Gasteiger partial charge < -0.3 is 14.5 Å². The van der Waals surface area contributed by atoms with Crippen LogP contribution in [0.2, 0.25) is 0 Å². The average molecular weight is 353 g/mol. The van der Waals surface area contributed by atoms with Gasteiger partial charge in [-0.05, 0) is 56.5 Å². The van der Waals surface area contributed by atoms with E-state index in [1.807, 2.05) is 12.1 Å². The number of anilines is 1. The Balaban J connectivity index is 1.51. The second-order valence-corrected chi connectivity index (χ2v) is 6.60. The van der Waals surface area contributed by atoms with Crippen molar-refractivity contribution in [1.82, 2.24) is 0 Å². The Morgan fingerprint density at radius 2 is 2.00 bits per heavy atom. The number of carbonyl (C=O) groups excluding carboxylic acids is 1. The molecule has 0 radical (unpaired) electrons. The van der Waals surface area contributed by atoms with Crippen molar-refractivity contribution in [2.24, 2.45) is 0 Å². The summed E-state index contributed by atoms with van der Waals surface area (Å²) in [5.41, 5.74) is 2.25. The van der Waals surface area contributed by atoms with Gasteiger partial charge in [-0.2, -0.15) is 0 Å². The van der Waals surface area contributed by atoms with Gasteiger partial charge in [0.2, 0.25) is 0 Å². The van der Waals surface area contributed by atoms with Crippen LogP contribution in [0.1, 0.15) is 31.1 Å². The number of fused-ring (bicyclic) bond motifs is 3. The lowest BCUT2D eigenvalue weighted by molar-refractivity contribution is -0.122. The maximum absolute atomic E-state index is 13.7. The molecule has 1 amide bonds. The van der Waals surface area contributed by atoms with Crippen LogP contribution in [-0.4, -0.2) is 12.0 Å². The molecule has 0 unspecified atom stereocenters. The normalized spacial score (nSPS) is 14.7. The molecule has 1 aliphatic carbocycles. The molecule has 1 N–H and O–H groups in total. The fourth-order valence-electron chi connectivity index (χ4n) is 3.37. The van der Waals surface area contributed by atoms with Crippen molar-refractivity contribution in [2.45, 2.75) is 38.7 Å². The number of ether oxygens (including phenoxy) is 1. The molecule has 26 heavy (non-hydrogen) atoms. The Labute approximate surface area is 151 Å². The first-order chi connectivity index (χ1) is 12.6. The summed E-state index contributed by atoms with van der Waals surface area (Å²) in [6, 6.07) is 11.7. The van der Waals surface area contributed by atoms with Crippen molar-refractivity contribution < 1.29 is 18.3 Å². The van der Waals surface area contributed by atoms with E-state index in [1.54, 1.807) is 25.1 Å². The van der Waals surface area contributed by atoms with Gasteiger partial charge in [0.05, 0.1) is 5.69 Å². The van der Waals surface area contributed by atoms with E-state index in [2.05, 4.69) is 5.32 Å². The van der Waals surface area contributed by atoms with Crippen LogP contribution in [-0.2, 0) is 17.6 Å². The van der Waals surface area contributed by atoms with E-state index in [9.17, 15) is 9.18 Å². The lowest BCUT2D eigenvalue weighted by Gasteiger charge is -2.15. The number of carbonyl (C=O) groups is 1. The van der Waals surface area contributed by atoms with Gasteiger partial charge >= 0.3 is 0 Å². The molecule has 1 aliphatic rings. The number of halogens is 1. The summed E-state index contributed by atoms with van der Waals surface area (Å²) < 4.78 is 25.4. The quantitative estimate of drug-likeness (QED) is 0.729. The van der Waals surface area contributed by atoms with Crippen molar-refractivity contribution in [1.29, 1.82) is 0 Å². The van der Waals surface area contributed by atoms with E-state index in [0.717, 1.165) is 42.4 Å². The smallest absolute Gasteiger partial charge is 0.265 e. The van der Waals surface area contributed by atoms with Crippen molar-refractivity contribution in [3.8, 4) is 5.75 Å². The number of nitrogens with one attached hydrogen (secondary N) is 1. The maximum Gasteiger partial charge on any atom is 0.265 e. The van der Waals surface area contributed by atoms with Crippen LogP contribution in [0.5, 0.6) is 5.75 Å². The van der Waals surface area contributed by atoms with Crippen molar-refractivity contribution in [3.63, 3.8) is 0 Å². The average Bonchev–Trinajstić information content (AvgIpc) is 3.01. The number of rotatable bonds is 4. The number of amides is 1. The highest BCUT2D eigenvalue weighted by molar-refractivity contribution is 5.94. The molecule has 0 saturated heterocycles. The zero-order valence-corrected chi connectivity index (χ0v) is 14.5. The molecule has 4 rings (SSSR count). The topological polar surface area (TPSA) is 51.5 Å². The van der Waals surface area contributed by atoms with E-state index in [1.165, 1.54) is 17.7 Å². The van der Waals surface area contributed by atoms with Crippen molar-refractivity contribution >= 4 is 22.6 Å². The van der Waals surface area contributed by atoms with E-state index >= 15 is 0 Å². The second-order valence-electron chi connectivity index (χ2n) is 6.60. The molecule has 3 aromatic rings. The number of para-hydroxylation sites is 1. The van der Waals surface area contributed by atoms with Crippen LogP contribution in [0.15, 0.2) is 46.9 Å². The molecule has 2 aromatic carbocycles. The molecular weight excluding hydrogens is 333 g/mol. The highest BCUT2D eigenvalue weighted by Gasteiger charge is 2.20. The Kier molecular flexibility index (Phi) is 4.37. The SMILES string of the molecule is C[C@H](Oc1ccc2oc3c(c2c1)CCCC3)C(=O)Nc1ccccc1F. The summed E-state index contributed by atoms with van der Waals surface area (Å²) >= 11 is 0. The molecular formula is C21H20FNO3. The second kappa shape index (κ2) is 6.83. The Morgan fingerprint density at radius 3 is 2.85 bits per heavy atom. The molecule has 0 bridgehead atoms. The summed E-state index contributed by atoms with van der Waals surface area (Å²) in [7, 11) is 0. The monoisotopic (exact) mass is 353 g/mol. The maximum atomic E-state index is 13.7. The van der Waals surface area contributed by atoms with Crippen molar-refractivity contribution in [2.75, 3.05) is 5.32 Å². The number of furan rings is 1. The number of hydrogen-bond donors (Lipinski definition) is 1. The first kappa shape index (κ1) is 16.6. The number of benzene rings is 2. The predicted molar refractivity (Wildman–Crippen MR) is 98.0 cm³/mol. The predicted octanol–water partition coefficient (Wildman–Crippen LogP) is 4.86. The summed E-state index contributed by atoms with van der Waals surface area (Å²) in [6.45, 7) is 1.64. The van der Waals surface area contributed by atoms with E-state index in [-0.39, 0.29) is 5.69 Å². The third-order valence-corrected chi connectivity index (χ3v) is 4.74. The summed E-state index contributed by atoms with van der Waals surface area (Å²) in [5.74, 6) is 0.792. The van der Waals surface area contributed by atoms with Crippen molar-refractivity contribution in [3.05, 3.63) is 59.6 Å². The number of aryl methyl sites for hydroxylation is 2. The summed E-state index contributed by atoms with van der Waals surface area (Å²) in [5, 5.41) is 3.61. The Hall–Kier alpha value is -2.82. The zero-order valence-electron chi connectivity index (χ0n) is 14.5. The molecule has 4 nitrogen and oxygen atoms in total. The molecule has 0 aliphatic heterocycles. The fraction of sp³-hybridized carbons (Fsp3) is 0.286. The molecule has 1 atom stereocenters. The van der Waals surface area contributed by atoms with Crippen LogP contribution < -0.4 is 10.1 Å². The molecule has 134 valence electrons. The minimum atomic E-state index is -0.755. The molecule has 0 fully saturated rings. The molecule has 5 heteroatoms. The van der Waals surface area contributed by atoms with Crippen LogP contribution in [0.3, 0.4) is 0 Å². The van der Waals surface area contributed by atoms with Gasteiger partial charge in [-0.1, -0.05) is 12.1 Å². The minimum absolute atomic E-state index is 0.146. The Morgan fingerprint density at radius 1 is 1.19 bits per heavy atom. The van der Waals surface area contributed by atoms with E-state index in [0.29, 0.717) is 5.75 Å². The first-order valence-electron chi connectivity index (χ1n) is 8.88. The van der Waals surface area contributed by atoms with Gasteiger partial charge in [-0.25, -0.2) is 4.39 Å². The third-order valence-electron chi connectivity index (χ3n) is 4.74. The van der Waals surface area contributed by atoms with E-state index < -0.39 is 17.8 Å². The lowest BCUT2D eigenvalue weighted by Crippen LogP contribution is -2.30. The molecule has 0 spiro atoms. The van der Waals surface area contributed by atoms with Gasteiger partial charge in [-0.15, -0.1) is 0 Å². The standard InChI is InChI=1S/C21H20FNO3/c1-13(21(24)23-18-8-4-3-7-17(18)22)25-14-10-11-20-16(12-14)15-6-2-5-9-19(15)26-20/h3-4,7-8,10-13H,2,5-6,9H2,1H3,(H,23,24)/t13-/m0/s1. The molecule has 1 heterocycles. The largest absolute Gasteiger partial charge is 0.481 e.